The van der Waals surface area contributed by atoms with Crippen LogP contribution in [-0.4, -0.2) is 19.7 Å². The van der Waals surface area contributed by atoms with Crippen LogP contribution in [0.3, 0.4) is 0 Å². The Kier molecular flexibility index (Phi) is 4.39. The molecule has 0 fully saturated rings. The number of carboxylic acids is 1. The standard InChI is InChI=1S/C12H14O4/c1-3-16-12-9(7-8-11(13)14)5-4-6-10(12)15-2/h4-8H,3H2,1-2H3,(H,13,14)/p-1/b8-7+. The van der Waals surface area contributed by atoms with Gasteiger partial charge in [0, 0.05) is 5.56 Å². The average molecular weight is 221 g/mol. The maximum absolute atomic E-state index is 10.3. The van der Waals surface area contributed by atoms with Crippen molar-refractivity contribution >= 4 is 12.0 Å². The van der Waals surface area contributed by atoms with Crippen LogP contribution in [0.5, 0.6) is 11.5 Å². The van der Waals surface area contributed by atoms with Crippen molar-refractivity contribution in [2.24, 2.45) is 0 Å². The van der Waals surface area contributed by atoms with Gasteiger partial charge in [-0.3, -0.25) is 0 Å². The Hall–Kier alpha value is -1.97. The lowest BCUT2D eigenvalue weighted by Crippen LogP contribution is -2.18. The van der Waals surface area contributed by atoms with Crippen molar-refractivity contribution in [3.63, 3.8) is 0 Å². The van der Waals surface area contributed by atoms with Crippen LogP contribution < -0.4 is 14.6 Å². The van der Waals surface area contributed by atoms with E-state index in [9.17, 15) is 9.90 Å². The van der Waals surface area contributed by atoms with Gasteiger partial charge in [0.1, 0.15) is 0 Å². The van der Waals surface area contributed by atoms with Gasteiger partial charge in [0.2, 0.25) is 0 Å². The number of rotatable bonds is 5. The summed E-state index contributed by atoms with van der Waals surface area (Å²) in [5, 5.41) is 10.3. The van der Waals surface area contributed by atoms with E-state index in [-0.39, 0.29) is 0 Å². The smallest absolute Gasteiger partial charge is 0.168 e. The molecule has 4 heteroatoms. The quantitative estimate of drug-likeness (QED) is 0.692. The van der Waals surface area contributed by atoms with Crippen molar-refractivity contribution in [3.05, 3.63) is 29.8 Å². The van der Waals surface area contributed by atoms with Crippen LogP contribution in [0.1, 0.15) is 12.5 Å². The molecule has 0 aliphatic heterocycles. The van der Waals surface area contributed by atoms with E-state index in [1.165, 1.54) is 13.2 Å². The van der Waals surface area contributed by atoms with Crippen LogP contribution in [0.4, 0.5) is 0 Å². The van der Waals surface area contributed by atoms with E-state index in [4.69, 9.17) is 9.47 Å². The maximum atomic E-state index is 10.3. The molecule has 0 atom stereocenters. The number of carbonyl (C=O) groups is 1. The normalized spacial score (nSPS) is 10.4. The lowest BCUT2D eigenvalue weighted by molar-refractivity contribution is -0.297. The molecular formula is C12H13O4-. The Morgan fingerprint density at radius 2 is 2.25 bits per heavy atom. The Balaban J connectivity index is 3.10. The number of aliphatic carboxylic acids is 1. The molecule has 0 aromatic heterocycles. The first-order chi connectivity index (χ1) is 7.69. The van der Waals surface area contributed by atoms with Crippen molar-refractivity contribution in [3.8, 4) is 11.5 Å². The molecule has 4 nitrogen and oxygen atoms in total. The van der Waals surface area contributed by atoms with E-state index in [0.717, 1.165) is 6.08 Å². The summed E-state index contributed by atoms with van der Waals surface area (Å²) < 4.78 is 10.5. The molecule has 0 saturated heterocycles. The molecule has 0 unspecified atom stereocenters. The predicted molar refractivity (Wildman–Crippen MR) is 58.2 cm³/mol. The number of benzene rings is 1. The van der Waals surface area contributed by atoms with E-state index in [2.05, 4.69) is 0 Å². The minimum atomic E-state index is -1.25. The molecule has 1 aromatic rings. The average Bonchev–Trinajstić information content (AvgIpc) is 2.27. The lowest BCUT2D eigenvalue weighted by Gasteiger charge is -2.11. The highest BCUT2D eigenvalue weighted by Crippen LogP contribution is 2.31. The van der Waals surface area contributed by atoms with Crippen LogP contribution in [0.25, 0.3) is 6.08 Å². The number of carboxylic acid groups (broad SMARTS) is 1. The minimum Gasteiger partial charge on any atom is -0.545 e. The zero-order valence-corrected chi connectivity index (χ0v) is 9.23. The summed E-state index contributed by atoms with van der Waals surface area (Å²) in [6.07, 6.45) is 2.38. The molecule has 16 heavy (non-hydrogen) atoms. The Labute approximate surface area is 94.1 Å². The van der Waals surface area contributed by atoms with Gasteiger partial charge in [0.05, 0.1) is 19.7 Å². The highest BCUT2D eigenvalue weighted by molar-refractivity contribution is 5.84. The van der Waals surface area contributed by atoms with Crippen LogP contribution in [0.15, 0.2) is 24.3 Å². The largest absolute Gasteiger partial charge is 0.545 e. The van der Waals surface area contributed by atoms with Crippen molar-refractivity contribution in [1.29, 1.82) is 0 Å². The van der Waals surface area contributed by atoms with E-state index in [0.29, 0.717) is 23.7 Å². The van der Waals surface area contributed by atoms with Crippen molar-refractivity contribution in [1.82, 2.24) is 0 Å². The van der Waals surface area contributed by atoms with Gasteiger partial charge in [0.25, 0.3) is 0 Å². The van der Waals surface area contributed by atoms with Gasteiger partial charge in [-0.15, -0.1) is 0 Å². The second-order valence-corrected chi connectivity index (χ2v) is 2.96. The molecule has 0 spiro atoms. The molecule has 86 valence electrons. The number of para-hydroxylation sites is 1. The SMILES string of the molecule is CCOc1c(/C=C/C(=O)[O-])cccc1OC. The van der Waals surface area contributed by atoms with E-state index < -0.39 is 5.97 Å². The van der Waals surface area contributed by atoms with Crippen molar-refractivity contribution in [2.45, 2.75) is 6.92 Å². The number of hydrogen-bond acceptors (Lipinski definition) is 4. The first-order valence-corrected chi connectivity index (χ1v) is 4.88. The molecular weight excluding hydrogens is 208 g/mol. The fourth-order valence-corrected chi connectivity index (χ4v) is 1.28. The molecule has 0 N–H and O–H groups in total. The Bertz CT molecular complexity index is 396. The number of methoxy groups -OCH3 is 1. The Morgan fingerprint density at radius 3 is 2.81 bits per heavy atom. The number of ether oxygens (including phenoxy) is 2. The second kappa shape index (κ2) is 5.80. The summed E-state index contributed by atoms with van der Waals surface area (Å²) in [7, 11) is 1.53. The van der Waals surface area contributed by atoms with Crippen LogP contribution in [0, 0.1) is 0 Å². The third-order valence-corrected chi connectivity index (χ3v) is 1.92. The topological polar surface area (TPSA) is 58.6 Å². The minimum absolute atomic E-state index is 0.479. The van der Waals surface area contributed by atoms with Crippen LogP contribution >= 0.6 is 0 Å². The second-order valence-electron chi connectivity index (χ2n) is 2.96. The molecule has 0 aliphatic carbocycles. The third kappa shape index (κ3) is 3.02. The predicted octanol–water partition coefficient (Wildman–Crippen LogP) is 0.857. The number of hydrogen-bond donors (Lipinski definition) is 0. The monoisotopic (exact) mass is 221 g/mol. The molecule has 1 rings (SSSR count). The molecule has 0 radical (unpaired) electrons. The van der Waals surface area contributed by atoms with E-state index >= 15 is 0 Å². The molecule has 1 aromatic carbocycles. The van der Waals surface area contributed by atoms with Gasteiger partial charge in [-0.25, -0.2) is 0 Å². The van der Waals surface area contributed by atoms with Gasteiger partial charge in [-0.1, -0.05) is 12.1 Å². The van der Waals surface area contributed by atoms with E-state index in [1.54, 1.807) is 18.2 Å². The summed E-state index contributed by atoms with van der Waals surface area (Å²) >= 11 is 0. The van der Waals surface area contributed by atoms with Crippen LogP contribution in [-0.2, 0) is 4.79 Å². The zero-order chi connectivity index (χ0) is 12.0. The molecule has 0 amide bonds. The van der Waals surface area contributed by atoms with E-state index in [1.807, 2.05) is 6.92 Å². The number of carbonyl (C=O) groups excluding carboxylic acids is 1. The molecule has 0 aliphatic rings. The first-order valence-electron chi connectivity index (χ1n) is 4.88. The molecule has 0 saturated carbocycles. The Morgan fingerprint density at radius 1 is 1.50 bits per heavy atom. The maximum Gasteiger partial charge on any atom is 0.168 e. The van der Waals surface area contributed by atoms with Crippen LogP contribution in [0.2, 0.25) is 0 Å². The fourth-order valence-electron chi connectivity index (χ4n) is 1.28. The van der Waals surface area contributed by atoms with Gasteiger partial charge < -0.3 is 19.4 Å². The van der Waals surface area contributed by atoms with Gasteiger partial charge >= 0.3 is 0 Å². The summed E-state index contributed by atoms with van der Waals surface area (Å²) in [5.41, 5.74) is 0.644. The summed E-state index contributed by atoms with van der Waals surface area (Å²) in [6.45, 7) is 2.32. The highest BCUT2D eigenvalue weighted by Gasteiger charge is 2.07. The lowest BCUT2D eigenvalue weighted by atomic mass is 10.1. The molecule has 0 heterocycles. The van der Waals surface area contributed by atoms with Crippen molar-refractivity contribution < 1.29 is 19.4 Å². The van der Waals surface area contributed by atoms with Crippen molar-refractivity contribution in [2.75, 3.05) is 13.7 Å². The first kappa shape index (κ1) is 12.1. The summed E-state index contributed by atoms with van der Waals surface area (Å²) in [5.74, 6) is -0.141. The van der Waals surface area contributed by atoms with Gasteiger partial charge in [0.15, 0.2) is 11.5 Å². The van der Waals surface area contributed by atoms with Gasteiger partial charge in [-0.2, -0.15) is 0 Å². The zero-order valence-electron chi connectivity index (χ0n) is 9.23. The molecule has 0 bridgehead atoms. The van der Waals surface area contributed by atoms with Gasteiger partial charge in [-0.05, 0) is 25.1 Å². The summed E-state index contributed by atoms with van der Waals surface area (Å²) in [4.78, 5) is 10.3. The summed E-state index contributed by atoms with van der Waals surface area (Å²) in [6, 6.07) is 5.25. The fraction of sp³-hybridized carbons (Fsp3) is 0.250. The highest BCUT2D eigenvalue weighted by atomic mass is 16.5. The third-order valence-electron chi connectivity index (χ3n) is 1.92.